The van der Waals surface area contributed by atoms with Crippen molar-refractivity contribution in [2.24, 2.45) is 5.92 Å². The number of hydrogen-bond acceptors (Lipinski definition) is 1. The van der Waals surface area contributed by atoms with E-state index in [0.29, 0.717) is 0 Å². The Morgan fingerprint density at radius 3 is 2.64 bits per heavy atom. The van der Waals surface area contributed by atoms with E-state index in [2.05, 4.69) is 12.2 Å². The summed E-state index contributed by atoms with van der Waals surface area (Å²) in [6.45, 7) is 6.23. The first-order valence-electron chi connectivity index (χ1n) is 4.93. The van der Waals surface area contributed by atoms with E-state index in [1.54, 1.807) is 0 Å². The topological polar surface area (TPSA) is 12.0 Å². The summed E-state index contributed by atoms with van der Waals surface area (Å²) < 4.78 is 0. The van der Waals surface area contributed by atoms with Gasteiger partial charge in [0.2, 0.25) is 0 Å². The van der Waals surface area contributed by atoms with Crippen LogP contribution in [0.2, 0.25) is 0 Å². The van der Waals surface area contributed by atoms with E-state index in [-0.39, 0.29) is 0 Å². The first-order chi connectivity index (χ1) is 5.43. The fourth-order valence-electron chi connectivity index (χ4n) is 1.77. The largest absolute Gasteiger partial charge is 0.316 e. The van der Waals surface area contributed by atoms with E-state index >= 15 is 0 Å². The minimum atomic E-state index is 0.986. The molecule has 1 N–H and O–H groups in total. The van der Waals surface area contributed by atoms with Gasteiger partial charge in [-0.3, -0.25) is 0 Å². The molecule has 0 aliphatic heterocycles. The van der Waals surface area contributed by atoms with Gasteiger partial charge < -0.3 is 5.32 Å². The summed E-state index contributed by atoms with van der Waals surface area (Å²) in [5.74, 6) is 0.986. The van der Waals surface area contributed by atoms with Crippen LogP contribution in [0, 0.1) is 12.8 Å². The number of rotatable bonds is 5. The minimum absolute atomic E-state index is 0.986. The summed E-state index contributed by atoms with van der Waals surface area (Å²) in [6, 6.07) is 0. The highest BCUT2D eigenvalue weighted by atomic mass is 14.9. The van der Waals surface area contributed by atoms with Gasteiger partial charge in [-0.05, 0) is 38.3 Å². The van der Waals surface area contributed by atoms with Crippen molar-refractivity contribution >= 4 is 0 Å². The molecule has 0 atom stereocenters. The summed E-state index contributed by atoms with van der Waals surface area (Å²) in [7, 11) is 0. The van der Waals surface area contributed by atoms with Gasteiger partial charge in [-0.15, -0.1) is 0 Å². The van der Waals surface area contributed by atoms with Crippen LogP contribution in [0.5, 0.6) is 0 Å². The van der Waals surface area contributed by atoms with E-state index in [4.69, 9.17) is 0 Å². The van der Waals surface area contributed by atoms with Crippen LogP contribution >= 0.6 is 0 Å². The summed E-state index contributed by atoms with van der Waals surface area (Å²) in [5.41, 5.74) is 0. The lowest BCUT2D eigenvalue weighted by Crippen LogP contribution is -2.22. The third-order valence-corrected chi connectivity index (χ3v) is 2.51. The molecule has 1 aliphatic carbocycles. The molecule has 0 unspecified atom stereocenters. The zero-order valence-electron chi connectivity index (χ0n) is 7.44. The quantitative estimate of drug-likeness (QED) is 0.599. The second-order valence-electron chi connectivity index (χ2n) is 3.56. The molecular formula is C10H20N. The maximum Gasteiger partial charge on any atom is -0.00205 e. The highest BCUT2D eigenvalue weighted by Crippen LogP contribution is 2.23. The molecule has 1 saturated carbocycles. The molecule has 1 heteroatoms. The Kier molecular flexibility index (Phi) is 4.60. The number of hydrogen-bond donors (Lipinski definition) is 1. The van der Waals surface area contributed by atoms with Crippen molar-refractivity contribution in [3.63, 3.8) is 0 Å². The molecule has 0 saturated heterocycles. The highest BCUT2D eigenvalue weighted by molar-refractivity contribution is 4.69. The first-order valence-corrected chi connectivity index (χ1v) is 4.93. The van der Waals surface area contributed by atoms with Crippen LogP contribution in [0.25, 0.3) is 0 Å². The highest BCUT2D eigenvalue weighted by Gasteiger charge is 2.13. The molecule has 1 fully saturated rings. The smallest absolute Gasteiger partial charge is 0.00205 e. The SMILES string of the molecule is [CH2]CCCNCC1CCCC1. The third-order valence-electron chi connectivity index (χ3n) is 2.51. The minimum Gasteiger partial charge on any atom is -0.316 e. The molecule has 0 amide bonds. The van der Waals surface area contributed by atoms with Gasteiger partial charge in [-0.1, -0.05) is 26.2 Å². The second-order valence-corrected chi connectivity index (χ2v) is 3.56. The van der Waals surface area contributed by atoms with Crippen LogP contribution in [-0.4, -0.2) is 13.1 Å². The predicted molar refractivity (Wildman–Crippen MR) is 49.4 cm³/mol. The molecule has 1 radical (unpaired) electrons. The van der Waals surface area contributed by atoms with Gasteiger partial charge in [-0.25, -0.2) is 0 Å². The normalized spacial score (nSPS) is 19.4. The molecule has 65 valence electrons. The number of unbranched alkanes of at least 4 members (excludes halogenated alkanes) is 1. The van der Waals surface area contributed by atoms with Gasteiger partial charge in [0.25, 0.3) is 0 Å². The molecule has 0 aromatic carbocycles. The lowest BCUT2D eigenvalue weighted by Gasteiger charge is -2.09. The van der Waals surface area contributed by atoms with E-state index in [9.17, 15) is 0 Å². The standard InChI is InChI=1S/C10H20N/c1-2-3-8-11-9-10-6-4-5-7-10/h10-11H,1-9H2. The van der Waals surface area contributed by atoms with Gasteiger partial charge in [0.1, 0.15) is 0 Å². The van der Waals surface area contributed by atoms with E-state index in [0.717, 1.165) is 12.3 Å². The van der Waals surface area contributed by atoms with Crippen molar-refractivity contribution in [3.05, 3.63) is 6.92 Å². The van der Waals surface area contributed by atoms with Crippen molar-refractivity contribution in [1.29, 1.82) is 0 Å². The Morgan fingerprint density at radius 2 is 2.00 bits per heavy atom. The molecule has 1 nitrogen and oxygen atoms in total. The fourth-order valence-corrected chi connectivity index (χ4v) is 1.77. The molecule has 0 aromatic heterocycles. The Balaban J connectivity index is 1.86. The molecular weight excluding hydrogens is 134 g/mol. The molecule has 0 bridgehead atoms. The zero-order chi connectivity index (χ0) is 7.94. The molecule has 0 spiro atoms. The van der Waals surface area contributed by atoms with Crippen molar-refractivity contribution in [1.82, 2.24) is 5.32 Å². The Labute approximate surface area is 70.6 Å². The maximum absolute atomic E-state index is 3.82. The first kappa shape index (κ1) is 9.05. The Bertz CT molecular complexity index is 84.9. The molecule has 1 rings (SSSR count). The molecule has 1 aliphatic rings. The van der Waals surface area contributed by atoms with Crippen molar-refractivity contribution < 1.29 is 0 Å². The van der Waals surface area contributed by atoms with Gasteiger partial charge >= 0.3 is 0 Å². The number of nitrogens with one attached hydrogen (secondary N) is 1. The van der Waals surface area contributed by atoms with Gasteiger partial charge in [-0.2, -0.15) is 0 Å². The van der Waals surface area contributed by atoms with E-state index in [1.807, 2.05) is 0 Å². The van der Waals surface area contributed by atoms with E-state index < -0.39 is 0 Å². The van der Waals surface area contributed by atoms with Crippen LogP contribution in [0.4, 0.5) is 0 Å². The summed E-state index contributed by atoms with van der Waals surface area (Å²) in [5, 5.41) is 3.49. The lowest BCUT2D eigenvalue weighted by atomic mass is 10.1. The van der Waals surface area contributed by atoms with Crippen LogP contribution < -0.4 is 5.32 Å². The molecule has 0 aromatic rings. The molecule has 0 heterocycles. The average molecular weight is 154 g/mol. The Hall–Kier alpha value is -0.0400. The van der Waals surface area contributed by atoms with Gasteiger partial charge in [0, 0.05) is 0 Å². The monoisotopic (exact) mass is 154 g/mol. The van der Waals surface area contributed by atoms with Crippen LogP contribution in [0.1, 0.15) is 38.5 Å². The lowest BCUT2D eigenvalue weighted by molar-refractivity contribution is 0.486. The zero-order valence-corrected chi connectivity index (χ0v) is 7.44. The summed E-state index contributed by atoms with van der Waals surface area (Å²) >= 11 is 0. The van der Waals surface area contributed by atoms with Crippen molar-refractivity contribution in [2.75, 3.05) is 13.1 Å². The summed E-state index contributed by atoms with van der Waals surface area (Å²) in [4.78, 5) is 0. The Morgan fingerprint density at radius 1 is 1.27 bits per heavy atom. The predicted octanol–water partition coefficient (Wildman–Crippen LogP) is 2.38. The van der Waals surface area contributed by atoms with Crippen molar-refractivity contribution in [3.8, 4) is 0 Å². The molecule has 11 heavy (non-hydrogen) atoms. The average Bonchev–Trinajstić information content (AvgIpc) is 2.50. The fraction of sp³-hybridized carbons (Fsp3) is 0.900. The second kappa shape index (κ2) is 5.59. The van der Waals surface area contributed by atoms with E-state index in [1.165, 1.54) is 45.2 Å². The van der Waals surface area contributed by atoms with Crippen LogP contribution in [-0.2, 0) is 0 Å². The van der Waals surface area contributed by atoms with Gasteiger partial charge in [0.15, 0.2) is 0 Å². The van der Waals surface area contributed by atoms with Crippen LogP contribution in [0.3, 0.4) is 0 Å². The van der Waals surface area contributed by atoms with Crippen LogP contribution in [0.15, 0.2) is 0 Å². The van der Waals surface area contributed by atoms with Gasteiger partial charge in [0.05, 0.1) is 0 Å². The summed E-state index contributed by atoms with van der Waals surface area (Å²) in [6.07, 6.45) is 8.13. The maximum atomic E-state index is 3.82. The third kappa shape index (κ3) is 3.76. The van der Waals surface area contributed by atoms with Crippen molar-refractivity contribution in [2.45, 2.75) is 38.5 Å².